The number of benzene rings is 3. The molecule has 0 aliphatic heterocycles. The molecule has 3 rings (SSSR count). The molecule has 30 heavy (non-hydrogen) atoms. The van der Waals surface area contributed by atoms with E-state index in [1.165, 1.54) is 19.2 Å². The molecule has 0 bridgehead atoms. The minimum Gasteiger partial charge on any atom is -0.497 e. The summed E-state index contributed by atoms with van der Waals surface area (Å²) in [6.45, 7) is -0.396. The van der Waals surface area contributed by atoms with Crippen molar-refractivity contribution in [2.75, 3.05) is 19.0 Å². The first-order chi connectivity index (χ1) is 14.5. The molecule has 7 heteroatoms. The van der Waals surface area contributed by atoms with E-state index >= 15 is 0 Å². The fourth-order valence-electron chi connectivity index (χ4n) is 2.60. The first-order valence-corrected chi connectivity index (χ1v) is 9.35. The molecule has 0 radical (unpaired) electrons. The first-order valence-electron chi connectivity index (χ1n) is 8.97. The Hall–Kier alpha value is -3.64. The summed E-state index contributed by atoms with van der Waals surface area (Å²) in [6, 6.07) is 19.2. The summed E-state index contributed by atoms with van der Waals surface area (Å²) in [6.07, 6.45) is 0. The van der Waals surface area contributed by atoms with Crippen LogP contribution in [0.5, 0.6) is 5.75 Å². The van der Waals surface area contributed by atoms with Gasteiger partial charge in [0.15, 0.2) is 12.4 Å². The van der Waals surface area contributed by atoms with Crippen molar-refractivity contribution in [1.29, 1.82) is 0 Å². The third-order valence-electron chi connectivity index (χ3n) is 4.21. The summed E-state index contributed by atoms with van der Waals surface area (Å²) in [7, 11) is 1.53. The van der Waals surface area contributed by atoms with Gasteiger partial charge in [-0.2, -0.15) is 0 Å². The monoisotopic (exact) mass is 423 g/mol. The van der Waals surface area contributed by atoms with Crippen LogP contribution in [0.2, 0.25) is 5.02 Å². The highest BCUT2D eigenvalue weighted by atomic mass is 35.5. The molecule has 3 aromatic rings. The second-order valence-corrected chi connectivity index (χ2v) is 6.71. The second-order valence-electron chi connectivity index (χ2n) is 6.27. The van der Waals surface area contributed by atoms with E-state index in [0.29, 0.717) is 27.6 Å². The number of methoxy groups -OCH3 is 1. The third kappa shape index (κ3) is 5.46. The quantitative estimate of drug-likeness (QED) is 0.442. The van der Waals surface area contributed by atoms with Crippen LogP contribution < -0.4 is 10.1 Å². The molecule has 3 aromatic carbocycles. The summed E-state index contributed by atoms with van der Waals surface area (Å²) >= 11 is 5.82. The molecule has 0 aliphatic carbocycles. The summed E-state index contributed by atoms with van der Waals surface area (Å²) in [4.78, 5) is 36.8. The zero-order valence-electron chi connectivity index (χ0n) is 16.1. The van der Waals surface area contributed by atoms with E-state index in [9.17, 15) is 14.4 Å². The molecule has 0 saturated heterocycles. The van der Waals surface area contributed by atoms with Gasteiger partial charge in [0.1, 0.15) is 5.75 Å². The molecule has 1 amide bonds. The number of hydrogen-bond acceptors (Lipinski definition) is 5. The molecule has 0 saturated carbocycles. The summed E-state index contributed by atoms with van der Waals surface area (Å²) in [5.74, 6) is -0.717. The Labute approximate surface area is 178 Å². The largest absolute Gasteiger partial charge is 0.497 e. The Kier molecular flexibility index (Phi) is 6.83. The van der Waals surface area contributed by atoms with Gasteiger partial charge in [0.05, 0.1) is 12.7 Å². The highest BCUT2D eigenvalue weighted by Crippen LogP contribution is 2.16. The van der Waals surface area contributed by atoms with E-state index in [0.717, 1.165) is 0 Å². The lowest BCUT2D eigenvalue weighted by molar-refractivity contribution is 0.0474. The van der Waals surface area contributed by atoms with E-state index in [1.807, 2.05) is 0 Å². The van der Waals surface area contributed by atoms with Gasteiger partial charge in [-0.1, -0.05) is 17.7 Å². The second kappa shape index (κ2) is 9.71. The van der Waals surface area contributed by atoms with Crippen molar-refractivity contribution < 1.29 is 23.9 Å². The maximum Gasteiger partial charge on any atom is 0.338 e. The van der Waals surface area contributed by atoms with Crippen LogP contribution in [-0.4, -0.2) is 31.4 Å². The highest BCUT2D eigenvalue weighted by molar-refractivity contribution is 6.30. The topological polar surface area (TPSA) is 81.7 Å². The predicted molar refractivity (Wildman–Crippen MR) is 113 cm³/mol. The van der Waals surface area contributed by atoms with Crippen LogP contribution in [0.4, 0.5) is 5.69 Å². The van der Waals surface area contributed by atoms with Crippen LogP contribution in [0.3, 0.4) is 0 Å². The lowest BCUT2D eigenvalue weighted by Crippen LogP contribution is -2.15. The Bertz CT molecular complexity index is 1060. The first kappa shape index (κ1) is 21.1. The number of amides is 1. The molecule has 0 spiro atoms. The third-order valence-corrected chi connectivity index (χ3v) is 4.46. The number of esters is 1. The van der Waals surface area contributed by atoms with E-state index in [4.69, 9.17) is 21.1 Å². The van der Waals surface area contributed by atoms with Crippen LogP contribution in [0.25, 0.3) is 0 Å². The van der Waals surface area contributed by atoms with Crippen LogP contribution >= 0.6 is 11.6 Å². The highest BCUT2D eigenvalue weighted by Gasteiger charge is 2.13. The number of nitrogens with one attached hydrogen (secondary N) is 1. The zero-order valence-corrected chi connectivity index (χ0v) is 16.8. The number of Topliss-reactive ketones (excluding diaryl/α,β-unsaturated/α-hetero) is 1. The molecule has 0 unspecified atom stereocenters. The van der Waals surface area contributed by atoms with Crippen LogP contribution in [0.15, 0.2) is 72.8 Å². The van der Waals surface area contributed by atoms with Crippen molar-refractivity contribution in [2.45, 2.75) is 0 Å². The Morgan fingerprint density at radius 2 is 1.53 bits per heavy atom. The number of rotatable bonds is 7. The summed E-state index contributed by atoms with van der Waals surface area (Å²) in [5.41, 5.74) is 1.47. The maximum absolute atomic E-state index is 12.3. The normalized spacial score (nSPS) is 10.2. The van der Waals surface area contributed by atoms with Crippen molar-refractivity contribution in [3.8, 4) is 5.75 Å². The maximum atomic E-state index is 12.3. The zero-order chi connectivity index (χ0) is 21.5. The molecule has 0 aromatic heterocycles. The molecule has 0 fully saturated rings. The lowest BCUT2D eigenvalue weighted by atomic mass is 10.1. The molecule has 6 nitrogen and oxygen atoms in total. The van der Waals surface area contributed by atoms with Gasteiger partial charge in [-0.05, 0) is 66.7 Å². The van der Waals surface area contributed by atoms with E-state index in [1.54, 1.807) is 60.7 Å². The number of carbonyl (C=O) groups is 3. The van der Waals surface area contributed by atoms with Crippen molar-refractivity contribution in [3.63, 3.8) is 0 Å². The molecule has 152 valence electrons. The van der Waals surface area contributed by atoms with Gasteiger partial charge in [-0.15, -0.1) is 0 Å². The van der Waals surface area contributed by atoms with E-state index in [2.05, 4.69) is 5.32 Å². The van der Waals surface area contributed by atoms with Crippen molar-refractivity contribution in [3.05, 3.63) is 94.5 Å². The predicted octanol–water partition coefficient (Wildman–Crippen LogP) is 4.64. The number of carbonyl (C=O) groups excluding carboxylic acids is 3. The van der Waals surface area contributed by atoms with Crippen LogP contribution in [0, 0.1) is 0 Å². The van der Waals surface area contributed by atoms with Gasteiger partial charge in [0, 0.05) is 21.8 Å². The SMILES string of the molecule is COc1ccc(C(=O)COC(=O)c2cccc(NC(=O)c3ccc(Cl)cc3)c2)cc1. The average Bonchev–Trinajstić information content (AvgIpc) is 2.78. The minimum absolute atomic E-state index is 0.214. The molecule has 0 aliphatic rings. The lowest BCUT2D eigenvalue weighted by Gasteiger charge is -2.08. The number of anilines is 1. The minimum atomic E-state index is -0.667. The van der Waals surface area contributed by atoms with Gasteiger partial charge in [0.25, 0.3) is 5.91 Å². The van der Waals surface area contributed by atoms with E-state index < -0.39 is 12.6 Å². The average molecular weight is 424 g/mol. The standard InChI is InChI=1S/C23H18ClNO5/c1-29-20-11-7-15(8-12-20)21(26)14-30-23(28)17-3-2-4-19(13-17)25-22(27)16-5-9-18(24)10-6-16/h2-13H,14H2,1H3,(H,25,27). The molecule has 1 N–H and O–H groups in total. The van der Waals surface area contributed by atoms with Crippen molar-refractivity contribution >= 4 is 34.9 Å². The molecule has 0 atom stereocenters. The fraction of sp³-hybridized carbons (Fsp3) is 0.0870. The Morgan fingerprint density at radius 3 is 2.20 bits per heavy atom. The van der Waals surface area contributed by atoms with Gasteiger partial charge in [-0.25, -0.2) is 4.79 Å². The number of ketones is 1. The molecule has 0 heterocycles. The van der Waals surface area contributed by atoms with Gasteiger partial charge in [-0.3, -0.25) is 9.59 Å². The molecular formula is C23H18ClNO5. The number of hydrogen-bond donors (Lipinski definition) is 1. The van der Waals surface area contributed by atoms with Crippen LogP contribution in [-0.2, 0) is 4.74 Å². The number of ether oxygens (including phenoxy) is 2. The summed E-state index contributed by atoms with van der Waals surface area (Å²) in [5, 5.41) is 3.23. The van der Waals surface area contributed by atoms with Gasteiger partial charge >= 0.3 is 5.97 Å². The van der Waals surface area contributed by atoms with Crippen LogP contribution in [0.1, 0.15) is 31.1 Å². The van der Waals surface area contributed by atoms with E-state index in [-0.39, 0.29) is 17.3 Å². The molecular weight excluding hydrogens is 406 g/mol. The Balaban J connectivity index is 1.60. The van der Waals surface area contributed by atoms with Crippen molar-refractivity contribution in [1.82, 2.24) is 0 Å². The van der Waals surface area contributed by atoms with Crippen molar-refractivity contribution in [2.24, 2.45) is 0 Å². The van der Waals surface area contributed by atoms with Gasteiger partial charge in [0.2, 0.25) is 0 Å². The Morgan fingerprint density at radius 1 is 0.867 bits per heavy atom. The number of halogens is 1. The smallest absolute Gasteiger partial charge is 0.338 e. The summed E-state index contributed by atoms with van der Waals surface area (Å²) < 4.78 is 10.2. The van der Waals surface area contributed by atoms with Gasteiger partial charge < -0.3 is 14.8 Å². The fourth-order valence-corrected chi connectivity index (χ4v) is 2.73.